The van der Waals surface area contributed by atoms with Crippen molar-refractivity contribution in [3.05, 3.63) is 47.0 Å². The zero-order valence-corrected chi connectivity index (χ0v) is 18.5. The zero-order chi connectivity index (χ0) is 22.1. The van der Waals surface area contributed by atoms with Crippen LogP contribution < -0.4 is 14.8 Å². The lowest BCUT2D eigenvalue weighted by molar-refractivity contribution is -0.115. The average molecular weight is 474 g/mol. The lowest BCUT2D eigenvalue weighted by atomic mass is 10.2. The minimum Gasteiger partial charge on any atom is -0.383 e. The number of benzene rings is 2. The molecule has 1 atom stereocenters. The molecule has 0 spiro atoms. The highest BCUT2D eigenvalue weighted by Crippen LogP contribution is 2.33. The summed E-state index contributed by atoms with van der Waals surface area (Å²) in [7, 11) is -6.38. The van der Waals surface area contributed by atoms with E-state index in [-0.39, 0.29) is 39.4 Å². The molecule has 0 saturated heterocycles. The van der Waals surface area contributed by atoms with Crippen LogP contribution in [-0.2, 0) is 36.0 Å². The first kappa shape index (κ1) is 22.5. The van der Waals surface area contributed by atoms with Crippen LogP contribution in [0.1, 0.15) is 12.5 Å². The summed E-state index contributed by atoms with van der Waals surface area (Å²) in [5.74, 6) is -0.242. The molecular weight excluding hydrogens is 454 g/mol. The Kier molecular flexibility index (Phi) is 6.39. The van der Waals surface area contributed by atoms with Crippen LogP contribution >= 0.6 is 11.6 Å². The third-order valence-electron chi connectivity index (χ3n) is 4.26. The van der Waals surface area contributed by atoms with Crippen LogP contribution in [0.3, 0.4) is 0 Å². The van der Waals surface area contributed by atoms with Crippen molar-refractivity contribution < 1.29 is 26.4 Å². The van der Waals surface area contributed by atoms with Crippen LogP contribution in [0.25, 0.3) is 0 Å². The molecule has 0 fully saturated rings. The average Bonchev–Trinajstić information content (AvgIpc) is 2.99. The molecule has 3 N–H and O–H groups in total. The van der Waals surface area contributed by atoms with E-state index in [2.05, 4.69) is 14.8 Å². The fourth-order valence-electron chi connectivity index (χ4n) is 2.96. The Labute approximate surface area is 179 Å². The van der Waals surface area contributed by atoms with E-state index in [9.17, 15) is 21.6 Å². The summed E-state index contributed by atoms with van der Waals surface area (Å²) in [6, 6.07) is 7.54. The molecule has 1 aliphatic heterocycles. The van der Waals surface area contributed by atoms with Gasteiger partial charge in [0, 0.05) is 24.5 Å². The van der Waals surface area contributed by atoms with Crippen molar-refractivity contribution in [2.24, 2.45) is 0 Å². The van der Waals surface area contributed by atoms with E-state index >= 15 is 0 Å². The van der Waals surface area contributed by atoms with Gasteiger partial charge >= 0.3 is 0 Å². The zero-order valence-electron chi connectivity index (χ0n) is 16.1. The highest BCUT2D eigenvalue weighted by atomic mass is 35.5. The van der Waals surface area contributed by atoms with Gasteiger partial charge in [-0.05, 0) is 48.9 Å². The van der Waals surface area contributed by atoms with E-state index in [1.807, 2.05) is 0 Å². The van der Waals surface area contributed by atoms with Gasteiger partial charge in [0.15, 0.2) is 0 Å². The summed E-state index contributed by atoms with van der Waals surface area (Å²) >= 11 is 6.10. The molecule has 1 amide bonds. The Balaban J connectivity index is 1.80. The van der Waals surface area contributed by atoms with Gasteiger partial charge < -0.3 is 10.1 Å². The number of hydrogen-bond donors (Lipinski definition) is 3. The van der Waals surface area contributed by atoms with Gasteiger partial charge in [-0.25, -0.2) is 21.6 Å². The van der Waals surface area contributed by atoms with E-state index in [0.29, 0.717) is 11.3 Å². The van der Waals surface area contributed by atoms with Gasteiger partial charge in [-0.3, -0.25) is 9.52 Å². The molecule has 2 aromatic carbocycles. The lowest BCUT2D eigenvalue weighted by Gasteiger charge is -2.14. The monoisotopic (exact) mass is 473 g/mol. The van der Waals surface area contributed by atoms with Crippen molar-refractivity contribution in [2.45, 2.75) is 29.2 Å². The maximum atomic E-state index is 12.8. The summed E-state index contributed by atoms with van der Waals surface area (Å²) in [4.78, 5) is 11.3. The summed E-state index contributed by atoms with van der Waals surface area (Å²) in [5, 5.41) is 2.56. The Hall–Kier alpha value is -2.18. The van der Waals surface area contributed by atoms with Gasteiger partial charge in [0.1, 0.15) is 4.90 Å². The van der Waals surface area contributed by atoms with Gasteiger partial charge in [0.25, 0.3) is 10.0 Å². The fourth-order valence-corrected chi connectivity index (χ4v) is 5.83. The Morgan fingerprint density at radius 1 is 1.13 bits per heavy atom. The van der Waals surface area contributed by atoms with Gasteiger partial charge in [-0.1, -0.05) is 11.6 Å². The highest BCUT2D eigenvalue weighted by Gasteiger charge is 2.25. The molecule has 9 nitrogen and oxygen atoms in total. The number of hydrogen-bond acceptors (Lipinski definition) is 6. The highest BCUT2D eigenvalue weighted by molar-refractivity contribution is 7.92. The number of rotatable bonds is 8. The molecule has 0 aromatic heterocycles. The summed E-state index contributed by atoms with van der Waals surface area (Å²) in [6.07, 6.45) is 0.0655. The quantitative estimate of drug-likeness (QED) is 0.537. The largest absolute Gasteiger partial charge is 0.383 e. The molecule has 12 heteroatoms. The maximum absolute atomic E-state index is 12.8. The SMILES string of the molecule is COCC(C)NS(=O)(=O)c1ccc(NS(=O)(=O)c2cc3c(cc2Cl)NC(=O)C3)cc1. The van der Waals surface area contributed by atoms with Crippen LogP contribution in [0.5, 0.6) is 0 Å². The van der Waals surface area contributed by atoms with Crippen LogP contribution in [0.15, 0.2) is 46.2 Å². The first-order valence-corrected chi connectivity index (χ1v) is 12.1. The topological polar surface area (TPSA) is 131 Å². The molecule has 30 heavy (non-hydrogen) atoms. The molecule has 1 unspecified atom stereocenters. The van der Waals surface area contributed by atoms with Crippen molar-refractivity contribution in [3.63, 3.8) is 0 Å². The molecule has 1 heterocycles. The van der Waals surface area contributed by atoms with E-state index in [0.717, 1.165) is 0 Å². The molecule has 0 aliphatic carbocycles. The van der Waals surface area contributed by atoms with E-state index < -0.39 is 26.1 Å². The van der Waals surface area contributed by atoms with Gasteiger partial charge in [0.05, 0.1) is 22.9 Å². The number of nitrogens with one attached hydrogen (secondary N) is 3. The Morgan fingerprint density at radius 3 is 2.43 bits per heavy atom. The number of methoxy groups -OCH3 is 1. The van der Waals surface area contributed by atoms with Crippen molar-refractivity contribution in [1.29, 1.82) is 0 Å². The van der Waals surface area contributed by atoms with Gasteiger partial charge in [0.2, 0.25) is 15.9 Å². The third kappa shape index (κ3) is 4.93. The third-order valence-corrected chi connectivity index (χ3v) is 7.71. The number of fused-ring (bicyclic) bond motifs is 1. The lowest BCUT2D eigenvalue weighted by Crippen LogP contribution is -2.35. The normalized spacial score (nSPS) is 14.8. The number of sulfonamides is 2. The van der Waals surface area contributed by atoms with E-state index in [1.54, 1.807) is 6.92 Å². The van der Waals surface area contributed by atoms with Crippen LogP contribution in [0.4, 0.5) is 11.4 Å². The molecule has 1 aliphatic rings. The molecule has 2 aromatic rings. The summed E-state index contributed by atoms with van der Waals surface area (Å²) < 4.78 is 60.0. The molecule has 0 radical (unpaired) electrons. The summed E-state index contributed by atoms with van der Waals surface area (Å²) in [6.45, 7) is 1.87. The summed E-state index contributed by atoms with van der Waals surface area (Å²) in [5.41, 5.74) is 1.17. The Bertz CT molecular complexity index is 1180. The number of amides is 1. The van der Waals surface area contributed by atoms with Crippen molar-refractivity contribution in [3.8, 4) is 0 Å². The first-order chi connectivity index (χ1) is 14.0. The number of carbonyl (C=O) groups excluding carboxylic acids is 1. The molecule has 0 bridgehead atoms. The predicted molar refractivity (Wildman–Crippen MR) is 113 cm³/mol. The second-order valence-corrected chi connectivity index (χ2v) is 10.5. The van der Waals surface area contributed by atoms with E-state index in [1.165, 1.54) is 43.5 Å². The van der Waals surface area contributed by atoms with Crippen LogP contribution in [-0.4, -0.2) is 42.5 Å². The van der Waals surface area contributed by atoms with Crippen molar-refractivity contribution >= 4 is 48.9 Å². The second-order valence-electron chi connectivity index (χ2n) is 6.77. The number of halogens is 1. The minimum atomic E-state index is -4.06. The van der Waals surface area contributed by atoms with Crippen LogP contribution in [0, 0.1) is 0 Å². The predicted octanol–water partition coefficient (Wildman–Crippen LogP) is 1.95. The molecule has 162 valence electrons. The Morgan fingerprint density at radius 2 is 1.80 bits per heavy atom. The molecule has 0 saturated carbocycles. The van der Waals surface area contributed by atoms with Crippen LogP contribution in [0.2, 0.25) is 5.02 Å². The molecule has 3 rings (SSSR count). The smallest absolute Gasteiger partial charge is 0.263 e. The second kappa shape index (κ2) is 8.52. The van der Waals surface area contributed by atoms with Gasteiger partial charge in [-0.15, -0.1) is 0 Å². The first-order valence-electron chi connectivity index (χ1n) is 8.78. The standard InChI is InChI=1S/C18H20ClN3O6S2/c1-11(10-28-2)21-29(24,25)14-5-3-13(4-6-14)22-30(26,27)17-7-12-8-18(23)20-16(12)9-15(17)19/h3-7,9,11,21-22H,8,10H2,1-2H3,(H,20,23). The fraction of sp³-hybridized carbons (Fsp3) is 0.278. The van der Waals surface area contributed by atoms with Gasteiger partial charge in [-0.2, -0.15) is 0 Å². The number of anilines is 2. The number of ether oxygens (including phenoxy) is 1. The minimum absolute atomic E-state index is 0.0199. The number of carbonyl (C=O) groups is 1. The van der Waals surface area contributed by atoms with Crippen molar-refractivity contribution in [2.75, 3.05) is 23.8 Å². The van der Waals surface area contributed by atoms with Crippen molar-refractivity contribution in [1.82, 2.24) is 4.72 Å². The maximum Gasteiger partial charge on any atom is 0.263 e. The molecular formula is C18H20ClN3O6S2. The van der Waals surface area contributed by atoms with E-state index in [4.69, 9.17) is 16.3 Å².